The van der Waals surface area contributed by atoms with Gasteiger partial charge in [0.25, 0.3) is 5.91 Å². The largest absolute Gasteiger partial charge is 0.273 e. The Bertz CT molecular complexity index is 1070. The van der Waals surface area contributed by atoms with Crippen molar-refractivity contribution in [3.63, 3.8) is 0 Å². The van der Waals surface area contributed by atoms with Gasteiger partial charge in [0.05, 0.1) is 17.4 Å². The Morgan fingerprint density at radius 1 is 0.897 bits per heavy atom. The third-order valence-corrected chi connectivity index (χ3v) is 5.51. The zero-order chi connectivity index (χ0) is 20.0. The lowest BCUT2D eigenvalue weighted by Gasteiger charge is -2.28. The SMILES string of the molecule is Cc1ccccc1N1C(=O)[C@H]2[C@@H](ON(c3ccccc3)[C@H]2c2cccnc2)C1=O. The smallest absolute Gasteiger partial charge is 0.266 e. The minimum atomic E-state index is -0.868. The Labute approximate surface area is 168 Å². The van der Waals surface area contributed by atoms with Crippen LogP contribution in [0.5, 0.6) is 0 Å². The Morgan fingerprint density at radius 2 is 1.66 bits per heavy atom. The molecule has 2 amide bonds. The molecule has 0 saturated carbocycles. The van der Waals surface area contributed by atoms with Crippen LogP contribution in [0.25, 0.3) is 0 Å². The highest BCUT2D eigenvalue weighted by Crippen LogP contribution is 2.47. The molecule has 6 nitrogen and oxygen atoms in total. The molecule has 0 spiro atoms. The van der Waals surface area contributed by atoms with Crippen LogP contribution in [0.4, 0.5) is 11.4 Å². The van der Waals surface area contributed by atoms with Crippen molar-refractivity contribution in [1.29, 1.82) is 0 Å². The summed E-state index contributed by atoms with van der Waals surface area (Å²) in [6.07, 6.45) is 2.54. The van der Waals surface area contributed by atoms with Crippen LogP contribution in [-0.4, -0.2) is 22.9 Å². The van der Waals surface area contributed by atoms with Crippen LogP contribution in [0, 0.1) is 12.8 Å². The maximum atomic E-state index is 13.5. The number of benzene rings is 2. The van der Waals surface area contributed by atoms with E-state index in [4.69, 9.17) is 4.84 Å². The first-order valence-corrected chi connectivity index (χ1v) is 9.51. The van der Waals surface area contributed by atoms with Gasteiger partial charge in [-0.2, -0.15) is 0 Å². The molecule has 2 saturated heterocycles. The monoisotopic (exact) mass is 385 g/mol. The Kier molecular flexibility index (Phi) is 4.14. The summed E-state index contributed by atoms with van der Waals surface area (Å²) in [5, 5.41) is 1.68. The molecule has 3 atom stereocenters. The highest BCUT2D eigenvalue weighted by molar-refractivity contribution is 6.24. The van der Waals surface area contributed by atoms with Crippen LogP contribution in [-0.2, 0) is 14.4 Å². The molecular formula is C23H19N3O3. The van der Waals surface area contributed by atoms with Crippen LogP contribution >= 0.6 is 0 Å². The van der Waals surface area contributed by atoms with E-state index in [2.05, 4.69) is 4.98 Å². The van der Waals surface area contributed by atoms with Crippen molar-refractivity contribution in [3.05, 3.63) is 90.3 Å². The van der Waals surface area contributed by atoms with Crippen molar-refractivity contribution in [1.82, 2.24) is 4.98 Å². The zero-order valence-corrected chi connectivity index (χ0v) is 15.8. The minimum absolute atomic E-state index is 0.249. The Morgan fingerprint density at radius 3 is 2.38 bits per heavy atom. The maximum Gasteiger partial charge on any atom is 0.266 e. The van der Waals surface area contributed by atoms with E-state index in [9.17, 15) is 9.59 Å². The Hall–Kier alpha value is -3.51. The second-order valence-electron chi connectivity index (χ2n) is 7.24. The summed E-state index contributed by atoms with van der Waals surface area (Å²) < 4.78 is 0. The Balaban J connectivity index is 1.60. The molecule has 0 bridgehead atoms. The first-order valence-electron chi connectivity index (χ1n) is 9.51. The van der Waals surface area contributed by atoms with Gasteiger partial charge in [-0.15, -0.1) is 0 Å². The molecule has 3 aromatic rings. The molecule has 6 heteroatoms. The van der Waals surface area contributed by atoms with Crippen molar-refractivity contribution < 1.29 is 14.4 Å². The summed E-state index contributed by atoms with van der Waals surface area (Å²) in [7, 11) is 0. The van der Waals surface area contributed by atoms with Crippen molar-refractivity contribution in [2.24, 2.45) is 5.92 Å². The standard InChI is InChI=1S/C23H19N3O3/c1-15-8-5-6-12-18(15)25-22(27)19-20(16-9-7-13-24-14-16)26(29-21(19)23(25)28)17-10-3-2-4-11-17/h2-14,19-21H,1H3/t19-,20+,21-/m1/s1. The topological polar surface area (TPSA) is 62.7 Å². The van der Waals surface area contributed by atoms with Crippen molar-refractivity contribution >= 4 is 23.2 Å². The number of carbonyl (C=O) groups is 2. The predicted octanol–water partition coefficient (Wildman–Crippen LogP) is 3.44. The number of amides is 2. The molecule has 2 aliphatic heterocycles. The summed E-state index contributed by atoms with van der Waals surface area (Å²) >= 11 is 0. The number of aromatic nitrogens is 1. The van der Waals surface area contributed by atoms with Crippen LogP contribution in [0.3, 0.4) is 0 Å². The highest BCUT2D eigenvalue weighted by Gasteiger charge is 2.60. The van der Waals surface area contributed by atoms with Crippen molar-refractivity contribution in [2.45, 2.75) is 19.1 Å². The third-order valence-electron chi connectivity index (χ3n) is 5.51. The predicted molar refractivity (Wildman–Crippen MR) is 108 cm³/mol. The fourth-order valence-corrected chi connectivity index (χ4v) is 4.15. The lowest BCUT2D eigenvalue weighted by molar-refractivity contribution is -0.126. The van der Waals surface area contributed by atoms with E-state index >= 15 is 0 Å². The van der Waals surface area contributed by atoms with Crippen LogP contribution in [0.1, 0.15) is 17.2 Å². The molecular weight excluding hydrogens is 366 g/mol. The molecule has 144 valence electrons. The number of hydrogen-bond acceptors (Lipinski definition) is 5. The fraction of sp³-hybridized carbons (Fsp3) is 0.174. The summed E-state index contributed by atoms with van der Waals surface area (Å²) in [6, 6.07) is 20.2. The molecule has 2 aromatic carbocycles. The van der Waals surface area contributed by atoms with Gasteiger partial charge in [-0.25, -0.2) is 9.96 Å². The molecule has 5 rings (SSSR count). The highest BCUT2D eigenvalue weighted by atomic mass is 16.7. The number of hydroxylamine groups is 1. The number of carbonyl (C=O) groups excluding carboxylic acids is 2. The normalized spacial score (nSPS) is 23.6. The molecule has 1 aromatic heterocycles. The zero-order valence-electron chi connectivity index (χ0n) is 15.8. The van der Waals surface area contributed by atoms with Gasteiger partial charge in [-0.3, -0.25) is 19.4 Å². The molecule has 0 unspecified atom stereocenters. The van der Waals surface area contributed by atoms with Gasteiger partial charge in [0, 0.05) is 12.4 Å². The van der Waals surface area contributed by atoms with Gasteiger partial charge in [0.15, 0.2) is 6.10 Å². The second kappa shape index (κ2) is 6.83. The number of anilines is 2. The van der Waals surface area contributed by atoms with E-state index in [0.717, 1.165) is 16.8 Å². The number of fused-ring (bicyclic) bond motifs is 1. The summed E-state index contributed by atoms with van der Waals surface area (Å²) in [5.41, 5.74) is 3.10. The van der Waals surface area contributed by atoms with Gasteiger partial charge in [-0.05, 0) is 42.3 Å². The van der Waals surface area contributed by atoms with Gasteiger partial charge in [0.1, 0.15) is 5.92 Å². The van der Waals surface area contributed by atoms with Gasteiger partial charge in [-0.1, -0.05) is 42.5 Å². The average Bonchev–Trinajstić information content (AvgIpc) is 3.26. The summed E-state index contributed by atoms with van der Waals surface area (Å²) in [5.74, 6) is -1.23. The molecule has 3 heterocycles. The molecule has 0 N–H and O–H groups in total. The second-order valence-corrected chi connectivity index (χ2v) is 7.24. The lowest BCUT2D eigenvalue weighted by atomic mass is 9.91. The average molecular weight is 385 g/mol. The quantitative estimate of drug-likeness (QED) is 0.647. The van der Waals surface area contributed by atoms with E-state index in [0.29, 0.717) is 5.69 Å². The maximum absolute atomic E-state index is 13.5. The van der Waals surface area contributed by atoms with Gasteiger partial charge >= 0.3 is 0 Å². The first kappa shape index (κ1) is 17.6. The molecule has 0 radical (unpaired) electrons. The molecule has 2 fully saturated rings. The number of pyridine rings is 1. The summed E-state index contributed by atoms with van der Waals surface area (Å²) in [6.45, 7) is 1.89. The van der Waals surface area contributed by atoms with Crippen LogP contribution < -0.4 is 9.96 Å². The van der Waals surface area contributed by atoms with Crippen LogP contribution in [0.15, 0.2) is 79.1 Å². The number of aryl methyl sites for hydroxylation is 1. The number of para-hydroxylation sites is 2. The number of imide groups is 1. The number of hydrogen-bond donors (Lipinski definition) is 0. The number of rotatable bonds is 3. The molecule has 2 aliphatic rings. The first-order chi connectivity index (χ1) is 14.2. The van der Waals surface area contributed by atoms with Crippen molar-refractivity contribution in [3.8, 4) is 0 Å². The van der Waals surface area contributed by atoms with E-state index in [1.54, 1.807) is 23.5 Å². The van der Waals surface area contributed by atoms with E-state index in [-0.39, 0.29) is 11.8 Å². The fourth-order valence-electron chi connectivity index (χ4n) is 4.15. The van der Waals surface area contributed by atoms with Gasteiger partial charge < -0.3 is 0 Å². The van der Waals surface area contributed by atoms with E-state index in [1.807, 2.05) is 67.6 Å². The van der Waals surface area contributed by atoms with Crippen molar-refractivity contribution in [2.75, 3.05) is 9.96 Å². The number of nitrogens with zero attached hydrogens (tertiary/aromatic N) is 3. The lowest BCUT2D eigenvalue weighted by Crippen LogP contribution is -2.37. The molecule has 29 heavy (non-hydrogen) atoms. The van der Waals surface area contributed by atoms with Gasteiger partial charge in [0.2, 0.25) is 5.91 Å². The summed E-state index contributed by atoms with van der Waals surface area (Å²) in [4.78, 5) is 38.3. The van der Waals surface area contributed by atoms with E-state index < -0.39 is 18.1 Å². The third kappa shape index (κ3) is 2.72. The van der Waals surface area contributed by atoms with E-state index in [1.165, 1.54) is 4.90 Å². The molecule has 0 aliphatic carbocycles. The minimum Gasteiger partial charge on any atom is -0.273 e. The van der Waals surface area contributed by atoms with Crippen LogP contribution in [0.2, 0.25) is 0 Å².